The summed E-state index contributed by atoms with van der Waals surface area (Å²) in [6.45, 7) is 4.74. The van der Waals surface area contributed by atoms with E-state index >= 15 is 0 Å². The maximum absolute atomic E-state index is 14.1. The predicted molar refractivity (Wildman–Crippen MR) is 174 cm³/mol. The number of hydrogen-bond acceptors (Lipinski definition) is 6. The summed E-state index contributed by atoms with van der Waals surface area (Å²) in [6, 6.07) is 18.5. The van der Waals surface area contributed by atoms with Gasteiger partial charge in [-0.05, 0) is 55.3 Å². The van der Waals surface area contributed by atoms with Gasteiger partial charge in [0.15, 0.2) is 0 Å². The Morgan fingerprint density at radius 2 is 1.70 bits per heavy atom. The minimum Gasteiger partial charge on any atom is -0.343 e. The van der Waals surface area contributed by atoms with Gasteiger partial charge in [-0.1, -0.05) is 48.5 Å². The van der Waals surface area contributed by atoms with E-state index in [4.69, 9.17) is 0 Å². The first-order valence-electron chi connectivity index (χ1n) is 14.3. The minimum absolute atomic E-state index is 0. The minimum atomic E-state index is -0.750. The SMILES string of the molecule is CN[C@@H](C)C(=O)N[C@H]1CSc2c(NC(=O)C3CCN(C(C)=O)CC3)cccc2N(Cc2cccc3ccccc23)C1=O.Cl. The van der Waals surface area contributed by atoms with Gasteiger partial charge in [0.05, 0.1) is 28.9 Å². The molecule has 4 amide bonds. The number of fused-ring (bicyclic) bond motifs is 2. The number of amides is 4. The van der Waals surface area contributed by atoms with Gasteiger partial charge in [-0.3, -0.25) is 19.2 Å². The molecule has 1 saturated heterocycles. The zero-order chi connectivity index (χ0) is 29.8. The summed E-state index contributed by atoms with van der Waals surface area (Å²) in [5, 5.41) is 11.1. The Morgan fingerprint density at radius 1 is 1.00 bits per heavy atom. The Morgan fingerprint density at radius 3 is 2.42 bits per heavy atom. The van der Waals surface area contributed by atoms with Crippen LogP contribution in [-0.4, -0.2) is 66.5 Å². The molecule has 0 saturated carbocycles. The van der Waals surface area contributed by atoms with Crippen LogP contribution in [0.1, 0.15) is 32.3 Å². The fraction of sp³-hybridized carbons (Fsp3) is 0.375. The van der Waals surface area contributed by atoms with Gasteiger partial charge in [-0.15, -0.1) is 24.2 Å². The third-order valence-corrected chi connectivity index (χ3v) is 9.38. The van der Waals surface area contributed by atoms with Crippen molar-refractivity contribution in [2.24, 2.45) is 5.92 Å². The largest absolute Gasteiger partial charge is 0.343 e. The van der Waals surface area contributed by atoms with Gasteiger partial charge in [0.25, 0.3) is 5.91 Å². The lowest BCUT2D eigenvalue weighted by Crippen LogP contribution is -2.53. The number of halogens is 1. The standard InChI is InChI=1S/C32H37N5O4S.ClH/c1-20(33-3)30(39)35-27-19-42-29-26(34-31(40)23-14-16-36(17-15-23)21(2)38)12-7-13-28(29)37(32(27)41)18-24-10-6-9-22-8-4-5-11-25(22)24;/h4-13,20,23,27,33H,14-19H2,1-3H3,(H,34,40)(H,35,39);1H/t20-,27-;/m0./s1. The van der Waals surface area contributed by atoms with Crippen molar-refractivity contribution >= 4 is 69.9 Å². The normalized spacial score (nSPS) is 17.8. The summed E-state index contributed by atoms with van der Waals surface area (Å²) < 4.78 is 0. The molecule has 11 heteroatoms. The highest BCUT2D eigenvalue weighted by atomic mass is 35.5. The van der Waals surface area contributed by atoms with E-state index in [9.17, 15) is 19.2 Å². The van der Waals surface area contributed by atoms with Crippen LogP contribution in [0.25, 0.3) is 10.8 Å². The van der Waals surface area contributed by atoms with Crippen molar-refractivity contribution in [3.8, 4) is 0 Å². The second-order valence-corrected chi connectivity index (χ2v) is 11.9. The first kappa shape index (κ1) is 32.3. The number of benzene rings is 3. The molecule has 0 radical (unpaired) electrons. The summed E-state index contributed by atoms with van der Waals surface area (Å²) in [5.74, 6) is -0.389. The number of carbonyl (C=O) groups is 4. The van der Waals surface area contributed by atoms with E-state index in [1.807, 2.05) is 60.7 Å². The zero-order valence-electron chi connectivity index (χ0n) is 24.6. The number of hydrogen-bond donors (Lipinski definition) is 3. The highest BCUT2D eigenvalue weighted by Crippen LogP contribution is 2.41. The van der Waals surface area contributed by atoms with Crippen molar-refractivity contribution in [2.45, 2.75) is 50.2 Å². The molecule has 1 fully saturated rings. The van der Waals surface area contributed by atoms with Gasteiger partial charge < -0.3 is 25.8 Å². The van der Waals surface area contributed by atoms with Crippen LogP contribution in [0, 0.1) is 5.92 Å². The molecule has 9 nitrogen and oxygen atoms in total. The maximum atomic E-state index is 14.1. The fourth-order valence-electron chi connectivity index (χ4n) is 5.52. The molecule has 3 aromatic rings. The number of likely N-dealkylation sites (N-methyl/N-ethyl adjacent to an activating group) is 1. The number of rotatable bonds is 7. The van der Waals surface area contributed by atoms with Crippen LogP contribution in [0.3, 0.4) is 0 Å². The van der Waals surface area contributed by atoms with E-state index in [2.05, 4.69) is 16.0 Å². The molecule has 0 bridgehead atoms. The number of likely N-dealkylation sites (tertiary alicyclic amines) is 1. The summed E-state index contributed by atoms with van der Waals surface area (Å²) in [4.78, 5) is 56.3. The zero-order valence-corrected chi connectivity index (χ0v) is 26.2. The maximum Gasteiger partial charge on any atom is 0.250 e. The Bertz CT molecular complexity index is 1500. The van der Waals surface area contributed by atoms with Crippen LogP contribution in [-0.2, 0) is 25.7 Å². The van der Waals surface area contributed by atoms with E-state index in [1.54, 1.807) is 30.7 Å². The smallest absolute Gasteiger partial charge is 0.250 e. The molecule has 0 spiro atoms. The van der Waals surface area contributed by atoms with Crippen LogP contribution in [0.5, 0.6) is 0 Å². The Kier molecular flexibility index (Phi) is 10.7. The molecule has 2 atom stereocenters. The average molecular weight is 624 g/mol. The van der Waals surface area contributed by atoms with E-state index < -0.39 is 12.1 Å². The fourth-order valence-corrected chi connectivity index (χ4v) is 6.68. The third-order valence-electron chi connectivity index (χ3n) is 8.16. The molecule has 3 N–H and O–H groups in total. The lowest BCUT2D eigenvalue weighted by molar-refractivity contribution is -0.132. The number of piperidine rings is 1. The van der Waals surface area contributed by atoms with Crippen LogP contribution < -0.4 is 20.9 Å². The third kappa shape index (κ3) is 7.14. The Balaban J connectivity index is 0.00000423. The molecule has 2 heterocycles. The first-order chi connectivity index (χ1) is 20.3. The summed E-state index contributed by atoms with van der Waals surface area (Å²) >= 11 is 1.45. The number of nitrogens with zero attached hydrogens (tertiary/aromatic N) is 2. The highest BCUT2D eigenvalue weighted by molar-refractivity contribution is 7.99. The second-order valence-electron chi connectivity index (χ2n) is 10.9. The van der Waals surface area contributed by atoms with Gasteiger partial charge in [0.2, 0.25) is 17.7 Å². The second kappa shape index (κ2) is 14.2. The van der Waals surface area contributed by atoms with Crippen molar-refractivity contribution in [3.05, 3.63) is 66.2 Å². The van der Waals surface area contributed by atoms with Gasteiger partial charge in [-0.25, -0.2) is 0 Å². The van der Waals surface area contributed by atoms with E-state index in [0.29, 0.717) is 49.6 Å². The summed E-state index contributed by atoms with van der Waals surface area (Å²) in [7, 11) is 1.70. The lowest BCUT2D eigenvalue weighted by atomic mass is 9.95. The molecule has 0 unspecified atom stereocenters. The van der Waals surface area contributed by atoms with Crippen molar-refractivity contribution in [3.63, 3.8) is 0 Å². The Hall–Kier alpha value is -3.60. The predicted octanol–water partition coefficient (Wildman–Crippen LogP) is 4.19. The molecule has 43 heavy (non-hydrogen) atoms. The van der Waals surface area contributed by atoms with E-state index in [-0.39, 0.29) is 42.0 Å². The lowest BCUT2D eigenvalue weighted by Gasteiger charge is -2.31. The molecule has 228 valence electrons. The van der Waals surface area contributed by atoms with E-state index in [1.165, 1.54) is 11.8 Å². The summed E-state index contributed by atoms with van der Waals surface area (Å²) in [6.07, 6.45) is 1.22. The van der Waals surface area contributed by atoms with Crippen LogP contribution in [0.15, 0.2) is 65.6 Å². The first-order valence-corrected chi connectivity index (χ1v) is 15.3. The highest BCUT2D eigenvalue weighted by Gasteiger charge is 2.35. The van der Waals surface area contributed by atoms with Crippen molar-refractivity contribution in [1.29, 1.82) is 0 Å². The summed E-state index contributed by atoms with van der Waals surface area (Å²) in [5.41, 5.74) is 2.32. The number of anilines is 2. The van der Waals surface area contributed by atoms with Gasteiger partial charge in [0, 0.05) is 31.7 Å². The molecule has 2 aliphatic rings. The molecule has 3 aromatic carbocycles. The van der Waals surface area contributed by atoms with Crippen LogP contribution >= 0.6 is 24.2 Å². The van der Waals surface area contributed by atoms with Gasteiger partial charge in [0.1, 0.15) is 6.04 Å². The number of thioether (sulfide) groups is 1. The molecule has 0 aromatic heterocycles. The monoisotopic (exact) mass is 623 g/mol. The van der Waals surface area contributed by atoms with Gasteiger partial charge in [-0.2, -0.15) is 0 Å². The molecular formula is C32H38ClN5O4S. The Labute approximate surface area is 262 Å². The van der Waals surface area contributed by atoms with Crippen LogP contribution in [0.2, 0.25) is 0 Å². The molecule has 2 aliphatic heterocycles. The topological polar surface area (TPSA) is 111 Å². The van der Waals surface area contributed by atoms with E-state index in [0.717, 1.165) is 21.2 Å². The van der Waals surface area contributed by atoms with Crippen LogP contribution in [0.4, 0.5) is 11.4 Å². The quantitative estimate of drug-likeness (QED) is 0.364. The number of nitrogens with one attached hydrogen (secondary N) is 3. The van der Waals surface area contributed by atoms with Crippen molar-refractivity contribution in [2.75, 3.05) is 36.1 Å². The molecule has 0 aliphatic carbocycles. The van der Waals surface area contributed by atoms with Crippen molar-refractivity contribution in [1.82, 2.24) is 15.5 Å². The van der Waals surface area contributed by atoms with Gasteiger partial charge >= 0.3 is 0 Å². The molecular weight excluding hydrogens is 586 g/mol. The molecule has 5 rings (SSSR count). The average Bonchev–Trinajstić information content (AvgIpc) is 3.13. The number of carbonyl (C=O) groups excluding carboxylic acids is 4. The van der Waals surface area contributed by atoms with Crippen molar-refractivity contribution < 1.29 is 19.2 Å².